The van der Waals surface area contributed by atoms with Crippen molar-refractivity contribution < 1.29 is 9.66 Å². The van der Waals surface area contributed by atoms with Gasteiger partial charge in [0.1, 0.15) is 5.37 Å². The lowest BCUT2D eigenvalue weighted by molar-refractivity contribution is -0.384. The van der Waals surface area contributed by atoms with Gasteiger partial charge in [0, 0.05) is 30.8 Å². The molecule has 2 aliphatic heterocycles. The Labute approximate surface area is 167 Å². The largest absolute Gasteiger partial charge is 0.378 e. The van der Waals surface area contributed by atoms with Crippen molar-refractivity contribution >= 4 is 28.5 Å². The highest BCUT2D eigenvalue weighted by Crippen LogP contribution is 2.37. The number of nitrogens with zero attached hydrogens (tertiary/aromatic N) is 4. The molecule has 0 aliphatic carbocycles. The van der Waals surface area contributed by atoms with Crippen molar-refractivity contribution in [1.82, 2.24) is 4.90 Å². The van der Waals surface area contributed by atoms with E-state index in [1.807, 2.05) is 31.2 Å². The molecule has 4 rings (SSSR count). The smallest absolute Gasteiger partial charge is 0.269 e. The molecule has 2 aromatic rings. The summed E-state index contributed by atoms with van der Waals surface area (Å²) >= 11 is 1.57. The van der Waals surface area contributed by atoms with Crippen LogP contribution in [-0.4, -0.2) is 47.1 Å². The lowest BCUT2D eigenvalue weighted by Gasteiger charge is -2.32. The third-order valence-electron chi connectivity index (χ3n) is 4.64. The molecule has 2 heterocycles. The number of morpholine rings is 1. The quantitative estimate of drug-likeness (QED) is 0.583. The van der Waals surface area contributed by atoms with Gasteiger partial charge in [0.15, 0.2) is 11.0 Å². The van der Waals surface area contributed by atoms with E-state index in [1.54, 1.807) is 23.9 Å². The van der Waals surface area contributed by atoms with Gasteiger partial charge in [0.05, 0.1) is 18.1 Å². The van der Waals surface area contributed by atoms with E-state index in [0.717, 1.165) is 29.4 Å². The van der Waals surface area contributed by atoms with Gasteiger partial charge in [-0.1, -0.05) is 41.6 Å². The first-order valence-electron chi connectivity index (χ1n) is 9.07. The van der Waals surface area contributed by atoms with Gasteiger partial charge in [-0.15, -0.1) is 0 Å². The van der Waals surface area contributed by atoms with Crippen molar-refractivity contribution in [2.24, 2.45) is 9.98 Å². The molecule has 7 nitrogen and oxygen atoms in total. The summed E-state index contributed by atoms with van der Waals surface area (Å²) in [5.74, 6) is 0.684. The molecule has 0 amide bonds. The number of hydrogen-bond acceptors (Lipinski definition) is 7. The summed E-state index contributed by atoms with van der Waals surface area (Å²) in [4.78, 5) is 22.4. The molecule has 0 bridgehead atoms. The summed E-state index contributed by atoms with van der Waals surface area (Å²) in [5.41, 5.74) is 3.14. The number of ether oxygens (including phenoxy) is 1. The number of rotatable bonds is 3. The lowest BCUT2D eigenvalue weighted by Crippen LogP contribution is -2.40. The highest BCUT2D eigenvalue weighted by molar-refractivity contribution is 8.14. The predicted octanol–water partition coefficient (Wildman–Crippen LogP) is 3.78. The van der Waals surface area contributed by atoms with E-state index in [0.29, 0.717) is 19.0 Å². The van der Waals surface area contributed by atoms with Crippen LogP contribution >= 0.6 is 11.8 Å². The first-order chi connectivity index (χ1) is 13.6. The zero-order valence-corrected chi connectivity index (χ0v) is 16.3. The Morgan fingerprint density at radius 2 is 1.79 bits per heavy atom. The van der Waals surface area contributed by atoms with Gasteiger partial charge in [-0.3, -0.25) is 10.1 Å². The lowest BCUT2D eigenvalue weighted by atomic mass is 10.1. The summed E-state index contributed by atoms with van der Waals surface area (Å²) in [6.45, 7) is 4.99. The van der Waals surface area contributed by atoms with E-state index in [1.165, 1.54) is 17.7 Å². The average molecular weight is 396 g/mol. The second-order valence-electron chi connectivity index (χ2n) is 6.63. The van der Waals surface area contributed by atoms with Crippen molar-refractivity contribution in [1.29, 1.82) is 0 Å². The monoisotopic (exact) mass is 396 g/mol. The molecular formula is C20H20N4O3S. The summed E-state index contributed by atoms with van der Waals surface area (Å²) in [6.07, 6.45) is 0. The Hall–Kier alpha value is -2.71. The van der Waals surface area contributed by atoms with E-state index in [4.69, 9.17) is 14.7 Å². The third-order valence-corrected chi connectivity index (χ3v) is 5.80. The van der Waals surface area contributed by atoms with Crippen LogP contribution in [0.3, 0.4) is 0 Å². The predicted molar refractivity (Wildman–Crippen MR) is 111 cm³/mol. The molecule has 2 aliphatic rings. The summed E-state index contributed by atoms with van der Waals surface area (Å²) < 4.78 is 5.46. The molecule has 1 fully saturated rings. The molecule has 1 saturated heterocycles. The number of nitro benzene ring substituents is 1. The second-order valence-corrected chi connectivity index (χ2v) is 7.68. The van der Waals surface area contributed by atoms with Crippen molar-refractivity contribution in [3.05, 3.63) is 75.3 Å². The number of benzene rings is 2. The van der Waals surface area contributed by atoms with Gasteiger partial charge in [-0.05, 0) is 24.6 Å². The molecule has 1 atom stereocenters. The van der Waals surface area contributed by atoms with Crippen molar-refractivity contribution in [2.75, 3.05) is 26.3 Å². The fraction of sp³-hybridized carbons (Fsp3) is 0.300. The summed E-state index contributed by atoms with van der Waals surface area (Å²) in [7, 11) is 0. The van der Waals surface area contributed by atoms with E-state index in [2.05, 4.69) is 4.90 Å². The molecule has 0 N–H and O–H groups in total. The second kappa shape index (κ2) is 8.12. The summed E-state index contributed by atoms with van der Waals surface area (Å²) in [5, 5.41) is 11.7. The van der Waals surface area contributed by atoms with Crippen LogP contribution in [0.15, 0.2) is 58.5 Å². The molecular weight excluding hydrogens is 376 g/mol. The standard InChI is InChI=1S/C20H20N4O3S/c1-14-2-4-15(5-3-14)18-21-19(16-6-8-17(9-7-16)24(25)26)28-20(22-18)23-10-12-27-13-11-23/h2-9,19H,10-13H2,1H3/t19-/m1/s1. The van der Waals surface area contributed by atoms with Gasteiger partial charge in [0.2, 0.25) is 0 Å². The topological polar surface area (TPSA) is 80.3 Å². The number of aliphatic imine (C=N–C) groups is 2. The van der Waals surface area contributed by atoms with Crippen LogP contribution in [0.5, 0.6) is 0 Å². The van der Waals surface area contributed by atoms with Crippen LogP contribution in [0.25, 0.3) is 0 Å². The number of hydrogen-bond donors (Lipinski definition) is 0. The number of nitro groups is 1. The molecule has 2 aromatic carbocycles. The van der Waals surface area contributed by atoms with Crippen LogP contribution in [0, 0.1) is 17.0 Å². The number of non-ortho nitro benzene ring substituents is 1. The SMILES string of the molecule is Cc1ccc(C2=N[C@@H](c3ccc([N+](=O)[O-])cc3)SC(N3CCOCC3)=N2)cc1. The van der Waals surface area contributed by atoms with E-state index in [-0.39, 0.29) is 16.0 Å². The third kappa shape index (κ3) is 4.07. The van der Waals surface area contributed by atoms with Crippen molar-refractivity contribution in [3.8, 4) is 0 Å². The Morgan fingerprint density at radius 1 is 1.11 bits per heavy atom. The molecule has 144 valence electrons. The minimum atomic E-state index is -0.389. The Bertz CT molecular complexity index is 919. The zero-order valence-electron chi connectivity index (χ0n) is 15.4. The van der Waals surface area contributed by atoms with Crippen LogP contribution in [-0.2, 0) is 4.74 Å². The van der Waals surface area contributed by atoms with E-state index >= 15 is 0 Å². The Balaban J connectivity index is 1.68. The van der Waals surface area contributed by atoms with Gasteiger partial charge < -0.3 is 9.64 Å². The first kappa shape index (κ1) is 18.6. The van der Waals surface area contributed by atoms with Gasteiger partial charge >= 0.3 is 0 Å². The minimum Gasteiger partial charge on any atom is -0.378 e. The maximum absolute atomic E-state index is 10.9. The number of amidine groups is 2. The molecule has 0 aromatic heterocycles. The normalized spacial score (nSPS) is 19.8. The maximum Gasteiger partial charge on any atom is 0.269 e. The Kier molecular flexibility index (Phi) is 5.40. The van der Waals surface area contributed by atoms with Crippen LogP contribution in [0.2, 0.25) is 0 Å². The fourth-order valence-electron chi connectivity index (χ4n) is 3.03. The van der Waals surface area contributed by atoms with Crippen LogP contribution in [0.1, 0.15) is 22.1 Å². The first-order valence-corrected chi connectivity index (χ1v) is 9.95. The highest BCUT2D eigenvalue weighted by atomic mass is 32.2. The van der Waals surface area contributed by atoms with Crippen LogP contribution < -0.4 is 0 Å². The molecule has 0 unspecified atom stereocenters. The fourth-order valence-corrected chi connectivity index (χ4v) is 4.14. The molecule has 0 spiro atoms. The van der Waals surface area contributed by atoms with E-state index < -0.39 is 0 Å². The van der Waals surface area contributed by atoms with Gasteiger partial charge in [-0.2, -0.15) is 0 Å². The average Bonchev–Trinajstić information content (AvgIpc) is 2.74. The summed E-state index contributed by atoms with van der Waals surface area (Å²) in [6, 6.07) is 14.7. The van der Waals surface area contributed by atoms with E-state index in [9.17, 15) is 10.1 Å². The Morgan fingerprint density at radius 3 is 2.43 bits per heavy atom. The molecule has 8 heteroatoms. The van der Waals surface area contributed by atoms with Crippen molar-refractivity contribution in [3.63, 3.8) is 0 Å². The van der Waals surface area contributed by atoms with Gasteiger partial charge in [0.25, 0.3) is 5.69 Å². The minimum absolute atomic E-state index is 0.0781. The zero-order chi connectivity index (χ0) is 19.5. The number of aryl methyl sites for hydroxylation is 1. The molecule has 0 radical (unpaired) electrons. The molecule has 0 saturated carbocycles. The molecule has 28 heavy (non-hydrogen) atoms. The van der Waals surface area contributed by atoms with Crippen molar-refractivity contribution in [2.45, 2.75) is 12.3 Å². The highest BCUT2D eigenvalue weighted by Gasteiger charge is 2.26. The maximum atomic E-state index is 10.9. The van der Waals surface area contributed by atoms with Gasteiger partial charge in [-0.25, -0.2) is 9.98 Å². The van der Waals surface area contributed by atoms with Crippen LogP contribution in [0.4, 0.5) is 5.69 Å². The number of thioether (sulfide) groups is 1.